The molecule has 0 fully saturated rings. The first-order valence-electron chi connectivity index (χ1n) is 6.01. The fraction of sp³-hybridized carbons (Fsp3) is 0.357. The summed E-state index contributed by atoms with van der Waals surface area (Å²) in [5, 5.41) is 4.24. The van der Waals surface area contributed by atoms with Crippen LogP contribution >= 0.6 is 0 Å². The van der Waals surface area contributed by atoms with Crippen LogP contribution in [0, 0.1) is 20.8 Å². The largest absolute Gasteiger partial charge is 0.464 e. The van der Waals surface area contributed by atoms with Gasteiger partial charge in [0.15, 0.2) is 0 Å². The third kappa shape index (κ3) is 2.23. The second kappa shape index (κ2) is 4.84. The van der Waals surface area contributed by atoms with Crippen LogP contribution in [0.2, 0.25) is 0 Å². The molecule has 0 aliphatic heterocycles. The summed E-state index contributed by atoms with van der Waals surface area (Å²) in [5.74, 6) is -0.425. The highest BCUT2D eigenvalue weighted by Gasteiger charge is 2.16. The van der Waals surface area contributed by atoms with E-state index >= 15 is 0 Å². The Morgan fingerprint density at radius 2 is 1.95 bits per heavy atom. The van der Waals surface area contributed by atoms with Crippen molar-refractivity contribution in [1.82, 2.24) is 14.8 Å². The van der Waals surface area contributed by atoms with Crippen LogP contribution in [0.4, 0.5) is 0 Å². The van der Waals surface area contributed by atoms with Crippen LogP contribution in [0.25, 0.3) is 11.1 Å². The number of carbonyl (C=O) groups excluding carboxylic acids is 1. The number of carbonyl (C=O) groups is 1. The molecular weight excluding hydrogens is 242 g/mol. The number of aryl methyl sites for hydroxylation is 2. The molecule has 0 saturated heterocycles. The predicted octanol–water partition coefficient (Wildman–Crippen LogP) is 2.19. The highest BCUT2D eigenvalue weighted by Crippen LogP contribution is 2.28. The summed E-state index contributed by atoms with van der Waals surface area (Å²) >= 11 is 0. The first-order chi connectivity index (χ1) is 8.95. The van der Waals surface area contributed by atoms with E-state index in [4.69, 9.17) is 4.74 Å². The van der Waals surface area contributed by atoms with Gasteiger partial charge in [-0.15, -0.1) is 0 Å². The van der Waals surface area contributed by atoms with Crippen LogP contribution in [-0.2, 0) is 11.8 Å². The predicted molar refractivity (Wildman–Crippen MR) is 72.0 cm³/mol. The second-order valence-electron chi connectivity index (χ2n) is 4.52. The second-order valence-corrected chi connectivity index (χ2v) is 4.52. The minimum absolute atomic E-state index is 0.323. The maximum atomic E-state index is 11.6. The average molecular weight is 259 g/mol. The molecule has 0 N–H and O–H groups in total. The topological polar surface area (TPSA) is 57.0 Å². The van der Waals surface area contributed by atoms with Gasteiger partial charge in [-0.1, -0.05) is 0 Å². The quantitative estimate of drug-likeness (QED) is 0.776. The van der Waals surface area contributed by atoms with Gasteiger partial charge in [-0.25, -0.2) is 9.78 Å². The SMILES string of the molecule is COC(=O)c1cc(-c2cnn(C)c2C)c(C)c(C)n1. The summed E-state index contributed by atoms with van der Waals surface area (Å²) in [4.78, 5) is 15.9. The molecule has 19 heavy (non-hydrogen) atoms. The number of ether oxygens (including phenoxy) is 1. The standard InChI is InChI=1S/C14H17N3O2/c1-8-9(2)16-13(14(18)19-5)6-11(8)12-7-15-17(4)10(12)3/h6-7H,1-5H3. The molecule has 0 radical (unpaired) electrons. The Morgan fingerprint density at radius 3 is 2.47 bits per heavy atom. The third-order valence-electron chi connectivity index (χ3n) is 3.44. The van der Waals surface area contributed by atoms with Gasteiger partial charge in [0.25, 0.3) is 0 Å². The summed E-state index contributed by atoms with van der Waals surface area (Å²) in [6.07, 6.45) is 1.80. The number of nitrogens with zero attached hydrogens (tertiary/aromatic N) is 3. The molecule has 2 heterocycles. The van der Waals surface area contributed by atoms with E-state index in [1.807, 2.05) is 32.5 Å². The van der Waals surface area contributed by atoms with Crippen molar-refractivity contribution >= 4 is 5.97 Å². The minimum atomic E-state index is -0.425. The maximum Gasteiger partial charge on any atom is 0.356 e. The summed E-state index contributed by atoms with van der Waals surface area (Å²) in [6.45, 7) is 5.87. The van der Waals surface area contributed by atoms with Crippen LogP contribution < -0.4 is 0 Å². The molecule has 5 nitrogen and oxygen atoms in total. The molecule has 2 rings (SSSR count). The van der Waals surface area contributed by atoms with Crippen molar-refractivity contribution in [3.8, 4) is 11.1 Å². The first-order valence-corrected chi connectivity index (χ1v) is 6.01. The van der Waals surface area contributed by atoms with E-state index in [2.05, 4.69) is 10.1 Å². The van der Waals surface area contributed by atoms with Crippen molar-refractivity contribution in [2.24, 2.45) is 7.05 Å². The van der Waals surface area contributed by atoms with Crippen molar-refractivity contribution in [1.29, 1.82) is 0 Å². The lowest BCUT2D eigenvalue weighted by atomic mass is 10.00. The molecule has 0 aliphatic rings. The Hall–Kier alpha value is -2.17. The van der Waals surface area contributed by atoms with E-state index < -0.39 is 5.97 Å². The zero-order valence-corrected chi connectivity index (χ0v) is 11.8. The van der Waals surface area contributed by atoms with Crippen LogP contribution in [0.15, 0.2) is 12.3 Å². The summed E-state index contributed by atoms with van der Waals surface area (Å²) < 4.78 is 6.54. The molecule has 5 heteroatoms. The van der Waals surface area contributed by atoms with Gasteiger partial charge in [0.05, 0.1) is 13.3 Å². The molecule has 0 saturated carbocycles. The molecule has 0 unspecified atom stereocenters. The Kier molecular flexibility index (Phi) is 3.38. The monoisotopic (exact) mass is 259 g/mol. The normalized spacial score (nSPS) is 10.6. The smallest absolute Gasteiger partial charge is 0.356 e. The number of hydrogen-bond acceptors (Lipinski definition) is 4. The minimum Gasteiger partial charge on any atom is -0.464 e. The fourth-order valence-corrected chi connectivity index (χ4v) is 1.99. The lowest BCUT2D eigenvalue weighted by Gasteiger charge is -2.10. The first kappa shape index (κ1) is 13.3. The van der Waals surface area contributed by atoms with Crippen LogP contribution in [0.5, 0.6) is 0 Å². The Morgan fingerprint density at radius 1 is 1.26 bits per heavy atom. The van der Waals surface area contributed by atoms with Crippen LogP contribution in [0.1, 0.15) is 27.4 Å². The van der Waals surface area contributed by atoms with Crippen molar-refractivity contribution in [3.63, 3.8) is 0 Å². The van der Waals surface area contributed by atoms with Crippen LogP contribution in [-0.4, -0.2) is 27.8 Å². The summed E-state index contributed by atoms with van der Waals surface area (Å²) in [7, 11) is 3.25. The molecule has 0 aromatic carbocycles. The lowest BCUT2D eigenvalue weighted by Crippen LogP contribution is -2.07. The number of hydrogen-bond donors (Lipinski definition) is 0. The lowest BCUT2D eigenvalue weighted by molar-refractivity contribution is 0.0594. The van der Waals surface area contributed by atoms with Gasteiger partial charge >= 0.3 is 5.97 Å². The number of aromatic nitrogens is 3. The highest BCUT2D eigenvalue weighted by molar-refractivity contribution is 5.89. The average Bonchev–Trinajstić information content (AvgIpc) is 2.72. The fourth-order valence-electron chi connectivity index (χ4n) is 1.99. The maximum absolute atomic E-state index is 11.6. The number of methoxy groups -OCH3 is 1. The molecule has 2 aromatic rings. The molecule has 0 amide bonds. The van der Waals surface area contributed by atoms with Crippen molar-refractivity contribution < 1.29 is 9.53 Å². The van der Waals surface area contributed by atoms with Crippen LogP contribution in [0.3, 0.4) is 0 Å². The Bertz CT molecular complexity index is 644. The van der Waals surface area contributed by atoms with Gasteiger partial charge in [0.2, 0.25) is 0 Å². The van der Waals surface area contributed by atoms with Gasteiger partial charge < -0.3 is 4.74 Å². The van der Waals surface area contributed by atoms with E-state index in [1.165, 1.54) is 7.11 Å². The van der Waals surface area contributed by atoms with Crippen molar-refractivity contribution in [2.45, 2.75) is 20.8 Å². The molecule has 100 valence electrons. The summed E-state index contributed by atoms with van der Waals surface area (Å²) in [5.41, 5.74) is 5.22. The van der Waals surface area contributed by atoms with E-state index in [-0.39, 0.29) is 0 Å². The van der Waals surface area contributed by atoms with Crippen molar-refractivity contribution in [2.75, 3.05) is 7.11 Å². The van der Waals surface area contributed by atoms with Gasteiger partial charge in [-0.05, 0) is 38.0 Å². The highest BCUT2D eigenvalue weighted by atomic mass is 16.5. The number of pyridine rings is 1. The van der Waals surface area contributed by atoms with Crippen molar-refractivity contribution in [3.05, 3.63) is 34.9 Å². The third-order valence-corrected chi connectivity index (χ3v) is 3.44. The van der Waals surface area contributed by atoms with Gasteiger partial charge in [-0.3, -0.25) is 4.68 Å². The van der Waals surface area contributed by atoms with E-state index in [0.29, 0.717) is 5.69 Å². The zero-order valence-electron chi connectivity index (χ0n) is 11.8. The van der Waals surface area contributed by atoms with Gasteiger partial charge in [-0.2, -0.15) is 5.10 Å². The van der Waals surface area contributed by atoms with E-state index in [9.17, 15) is 4.79 Å². The Balaban J connectivity index is 2.66. The van der Waals surface area contributed by atoms with Gasteiger partial charge in [0.1, 0.15) is 5.69 Å². The van der Waals surface area contributed by atoms with E-state index in [0.717, 1.165) is 28.1 Å². The zero-order chi connectivity index (χ0) is 14.2. The molecule has 2 aromatic heterocycles. The molecule has 0 spiro atoms. The molecule has 0 bridgehead atoms. The number of rotatable bonds is 2. The van der Waals surface area contributed by atoms with Gasteiger partial charge in [0, 0.05) is 24.0 Å². The molecular formula is C14H17N3O2. The summed E-state index contributed by atoms with van der Waals surface area (Å²) in [6, 6.07) is 1.76. The number of esters is 1. The molecule has 0 atom stereocenters. The Labute approximate surface area is 112 Å². The molecule has 0 aliphatic carbocycles. The van der Waals surface area contributed by atoms with E-state index in [1.54, 1.807) is 12.3 Å².